The van der Waals surface area contributed by atoms with Crippen molar-refractivity contribution in [1.82, 2.24) is 15.3 Å². The van der Waals surface area contributed by atoms with Crippen LogP contribution in [0.25, 0.3) is 0 Å². The van der Waals surface area contributed by atoms with E-state index in [-0.39, 0.29) is 6.10 Å². The number of amides is 2. The zero-order valence-corrected chi connectivity index (χ0v) is 15.0. The first-order chi connectivity index (χ1) is 12.6. The van der Waals surface area contributed by atoms with E-state index in [1.807, 2.05) is 6.92 Å². The lowest BCUT2D eigenvalue weighted by Gasteiger charge is -2.24. The predicted octanol–water partition coefficient (Wildman–Crippen LogP) is 2.45. The molecule has 138 valence electrons. The van der Waals surface area contributed by atoms with Gasteiger partial charge < -0.3 is 20.1 Å². The number of morpholine rings is 1. The molecule has 0 spiro atoms. The molecule has 1 aromatic carbocycles. The van der Waals surface area contributed by atoms with Gasteiger partial charge in [0.1, 0.15) is 18.5 Å². The third kappa shape index (κ3) is 5.29. The number of aromatic nitrogens is 2. The molecule has 1 unspecified atom stereocenters. The fraction of sp³-hybridized carbons (Fsp3) is 0.353. The van der Waals surface area contributed by atoms with Gasteiger partial charge in [-0.25, -0.2) is 9.78 Å². The molecule has 1 aliphatic heterocycles. The van der Waals surface area contributed by atoms with Crippen LogP contribution < -0.4 is 20.7 Å². The summed E-state index contributed by atoms with van der Waals surface area (Å²) in [7, 11) is 0. The second-order valence-corrected chi connectivity index (χ2v) is 6.21. The van der Waals surface area contributed by atoms with E-state index in [9.17, 15) is 4.79 Å². The largest absolute Gasteiger partial charge is 0.489 e. The van der Waals surface area contributed by atoms with Gasteiger partial charge in [-0.05, 0) is 25.1 Å². The second kappa shape index (κ2) is 8.79. The van der Waals surface area contributed by atoms with Gasteiger partial charge in [0.15, 0.2) is 5.82 Å². The monoisotopic (exact) mass is 377 g/mol. The molecule has 0 saturated carbocycles. The first-order valence-corrected chi connectivity index (χ1v) is 8.59. The lowest BCUT2D eigenvalue weighted by atomic mass is 10.3. The van der Waals surface area contributed by atoms with Crippen LogP contribution in [0.4, 0.5) is 16.3 Å². The summed E-state index contributed by atoms with van der Waals surface area (Å²) in [5.41, 5.74) is 1.22. The Morgan fingerprint density at radius 1 is 1.38 bits per heavy atom. The van der Waals surface area contributed by atoms with Crippen LogP contribution in [0.5, 0.6) is 5.75 Å². The van der Waals surface area contributed by atoms with Crippen LogP contribution in [-0.4, -0.2) is 48.4 Å². The quantitative estimate of drug-likeness (QED) is 0.740. The number of nitrogens with one attached hydrogen (secondary N) is 3. The highest BCUT2D eigenvalue weighted by atomic mass is 35.5. The van der Waals surface area contributed by atoms with Crippen LogP contribution in [0.3, 0.4) is 0 Å². The molecule has 3 rings (SSSR count). The Balaban J connectivity index is 1.62. The lowest BCUT2D eigenvalue weighted by Crippen LogP contribution is -2.41. The topological polar surface area (TPSA) is 97.4 Å². The predicted molar refractivity (Wildman–Crippen MR) is 99.0 cm³/mol. The van der Waals surface area contributed by atoms with E-state index in [0.29, 0.717) is 35.5 Å². The van der Waals surface area contributed by atoms with Gasteiger partial charge >= 0.3 is 6.03 Å². The first kappa shape index (κ1) is 18.4. The zero-order chi connectivity index (χ0) is 18.4. The molecule has 1 saturated heterocycles. The van der Waals surface area contributed by atoms with Crippen molar-refractivity contribution < 1.29 is 14.3 Å². The molecule has 0 radical (unpaired) electrons. The van der Waals surface area contributed by atoms with E-state index >= 15 is 0 Å². The molecule has 1 fully saturated rings. The number of hydrogen-bond donors (Lipinski definition) is 3. The fourth-order valence-electron chi connectivity index (χ4n) is 2.36. The number of carbonyl (C=O) groups excluding carboxylic acids is 1. The molecular formula is C17H20ClN5O3. The van der Waals surface area contributed by atoms with E-state index < -0.39 is 6.03 Å². The number of aryl methyl sites for hydroxylation is 1. The second-order valence-electron chi connectivity index (χ2n) is 5.77. The lowest BCUT2D eigenvalue weighted by molar-refractivity contribution is 0.000352. The van der Waals surface area contributed by atoms with Crippen molar-refractivity contribution in [2.75, 3.05) is 36.9 Å². The number of halogens is 1. The van der Waals surface area contributed by atoms with Crippen molar-refractivity contribution in [3.05, 3.63) is 41.3 Å². The summed E-state index contributed by atoms with van der Waals surface area (Å²) in [5, 5.41) is 9.06. The first-order valence-electron chi connectivity index (χ1n) is 8.21. The van der Waals surface area contributed by atoms with E-state index in [4.69, 9.17) is 21.1 Å². The number of urea groups is 1. The SMILES string of the molecule is Cc1cnc(NC(=O)Nc2cc(Cl)ccc2OCC2CNCCO2)cn1. The van der Waals surface area contributed by atoms with E-state index in [1.165, 1.54) is 6.20 Å². The van der Waals surface area contributed by atoms with Crippen molar-refractivity contribution in [3.8, 4) is 5.75 Å². The van der Waals surface area contributed by atoms with E-state index in [1.54, 1.807) is 24.4 Å². The molecule has 9 heteroatoms. The maximum atomic E-state index is 12.2. The average molecular weight is 378 g/mol. The summed E-state index contributed by atoms with van der Waals surface area (Å²) in [6.45, 7) is 4.40. The minimum Gasteiger partial charge on any atom is -0.489 e. The Morgan fingerprint density at radius 3 is 3.00 bits per heavy atom. The zero-order valence-electron chi connectivity index (χ0n) is 14.3. The van der Waals surface area contributed by atoms with Gasteiger partial charge in [-0.1, -0.05) is 11.6 Å². The van der Waals surface area contributed by atoms with Gasteiger partial charge in [0, 0.05) is 18.1 Å². The van der Waals surface area contributed by atoms with Crippen LogP contribution >= 0.6 is 11.6 Å². The maximum absolute atomic E-state index is 12.2. The van der Waals surface area contributed by atoms with Gasteiger partial charge in [-0.15, -0.1) is 0 Å². The van der Waals surface area contributed by atoms with Crippen molar-refractivity contribution in [3.63, 3.8) is 0 Å². The molecule has 2 aromatic rings. The Labute approximate surface area is 156 Å². The number of nitrogens with zero attached hydrogens (tertiary/aromatic N) is 2. The molecule has 2 heterocycles. The molecule has 0 aliphatic carbocycles. The maximum Gasteiger partial charge on any atom is 0.325 e. The summed E-state index contributed by atoms with van der Waals surface area (Å²) in [5.74, 6) is 0.855. The van der Waals surface area contributed by atoms with Crippen molar-refractivity contribution in [2.24, 2.45) is 0 Å². The molecule has 0 bridgehead atoms. The molecule has 1 aromatic heterocycles. The number of carbonyl (C=O) groups is 1. The van der Waals surface area contributed by atoms with Gasteiger partial charge in [0.25, 0.3) is 0 Å². The Bertz CT molecular complexity index is 751. The standard InChI is InChI=1S/C17H20ClN5O3/c1-11-7-21-16(9-20-11)23-17(24)22-14-6-12(18)2-3-15(14)26-10-13-8-19-4-5-25-13/h2-3,6-7,9,13,19H,4-5,8,10H2,1H3,(H2,21,22,23,24). The van der Waals surface area contributed by atoms with Crippen molar-refractivity contribution in [2.45, 2.75) is 13.0 Å². The number of hydrogen-bond acceptors (Lipinski definition) is 6. The summed E-state index contributed by atoms with van der Waals surface area (Å²) in [6.07, 6.45) is 3.02. The van der Waals surface area contributed by atoms with Gasteiger partial charge in [0.05, 0.1) is 30.4 Å². The molecule has 1 atom stereocenters. The van der Waals surface area contributed by atoms with Crippen molar-refractivity contribution in [1.29, 1.82) is 0 Å². The van der Waals surface area contributed by atoms with Crippen LogP contribution in [0.1, 0.15) is 5.69 Å². The summed E-state index contributed by atoms with van der Waals surface area (Å²) >= 11 is 6.04. The molecule has 1 aliphatic rings. The van der Waals surface area contributed by atoms with Crippen LogP contribution in [0.15, 0.2) is 30.6 Å². The summed E-state index contributed by atoms with van der Waals surface area (Å²) in [6, 6.07) is 4.56. The summed E-state index contributed by atoms with van der Waals surface area (Å²) in [4.78, 5) is 20.4. The molecular weight excluding hydrogens is 358 g/mol. The molecule has 2 amide bonds. The smallest absolute Gasteiger partial charge is 0.325 e. The van der Waals surface area contributed by atoms with Crippen LogP contribution in [0, 0.1) is 6.92 Å². The molecule has 8 nitrogen and oxygen atoms in total. The van der Waals surface area contributed by atoms with E-state index in [2.05, 4.69) is 25.9 Å². The molecule has 3 N–H and O–H groups in total. The Hall–Kier alpha value is -2.42. The highest BCUT2D eigenvalue weighted by Gasteiger charge is 2.16. The highest BCUT2D eigenvalue weighted by Crippen LogP contribution is 2.28. The number of rotatable bonds is 5. The van der Waals surface area contributed by atoms with Gasteiger partial charge in [-0.3, -0.25) is 10.3 Å². The summed E-state index contributed by atoms with van der Waals surface area (Å²) < 4.78 is 11.4. The third-order valence-corrected chi connectivity index (χ3v) is 3.88. The van der Waals surface area contributed by atoms with Crippen LogP contribution in [0.2, 0.25) is 5.02 Å². The number of anilines is 2. The van der Waals surface area contributed by atoms with E-state index in [0.717, 1.165) is 18.8 Å². The highest BCUT2D eigenvalue weighted by molar-refractivity contribution is 6.31. The third-order valence-electron chi connectivity index (χ3n) is 3.64. The molecule has 26 heavy (non-hydrogen) atoms. The van der Waals surface area contributed by atoms with Gasteiger partial charge in [-0.2, -0.15) is 0 Å². The number of ether oxygens (including phenoxy) is 2. The Kier molecular flexibility index (Phi) is 6.21. The normalized spacial score (nSPS) is 16.8. The number of benzene rings is 1. The van der Waals surface area contributed by atoms with Crippen LogP contribution in [-0.2, 0) is 4.74 Å². The van der Waals surface area contributed by atoms with Crippen molar-refractivity contribution >= 4 is 29.1 Å². The Morgan fingerprint density at radius 2 is 2.27 bits per heavy atom. The van der Waals surface area contributed by atoms with Gasteiger partial charge in [0.2, 0.25) is 0 Å². The fourth-order valence-corrected chi connectivity index (χ4v) is 2.53. The minimum absolute atomic E-state index is 0.0380. The minimum atomic E-state index is -0.467. The average Bonchev–Trinajstić information content (AvgIpc) is 2.64.